The van der Waals surface area contributed by atoms with Crippen LogP contribution in [-0.4, -0.2) is 31.1 Å². The lowest BCUT2D eigenvalue weighted by Crippen LogP contribution is -2.43. The van der Waals surface area contributed by atoms with Crippen LogP contribution in [0.4, 0.5) is 4.79 Å². The minimum Gasteiger partial charge on any atom is -0.447 e. The Kier molecular flexibility index (Phi) is 4.90. The smallest absolute Gasteiger partial charge is 0.375 e. The predicted molar refractivity (Wildman–Crippen MR) is 83.4 cm³/mol. The van der Waals surface area contributed by atoms with Gasteiger partial charge in [0.2, 0.25) is 5.76 Å². The molecule has 122 valence electrons. The monoisotopic (exact) mass is 338 g/mol. The number of carbonyl (C=O) groups excluding carboxylic acids is 3. The van der Waals surface area contributed by atoms with Crippen molar-refractivity contribution in [2.45, 2.75) is 20.0 Å². The highest BCUT2D eigenvalue weighted by Crippen LogP contribution is 2.31. The fourth-order valence-electron chi connectivity index (χ4n) is 1.95. The first-order chi connectivity index (χ1) is 10.8. The number of imide groups is 1. The summed E-state index contributed by atoms with van der Waals surface area (Å²) in [6, 6.07) is 4.45. The van der Waals surface area contributed by atoms with Gasteiger partial charge in [0.05, 0.1) is 5.02 Å². The van der Waals surface area contributed by atoms with Crippen molar-refractivity contribution in [3.05, 3.63) is 34.5 Å². The number of furan rings is 1. The Morgan fingerprint density at radius 3 is 2.61 bits per heavy atom. The number of carbonyl (C=O) groups is 3. The zero-order chi connectivity index (χ0) is 17.1. The average molecular weight is 339 g/mol. The number of urea groups is 1. The highest BCUT2D eigenvalue weighted by molar-refractivity contribution is 6.35. The number of aryl methyl sites for hydroxylation is 1. The summed E-state index contributed by atoms with van der Waals surface area (Å²) in [6.45, 7) is 3.04. The van der Waals surface area contributed by atoms with E-state index < -0.39 is 24.0 Å². The lowest BCUT2D eigenvalue weighted by Gasteiger charge is -2.11. The molecule has 23 heavy (non-hydrogen) atoms. The molecule has 0 radical (unpaired) electrons. The van der Waals surface area contributed by atoms with Gasteiger partial charge in [0.25, 0.3) is 5.91 Å². The zero-order valence-electron chi connectivity index (χ0n) is 12.7. The van der Waals surface area contributed by atoms with Gasteiger partial charge in [-0.15, -0.1) is 0 Å². The Bertz CT molecular complexity index is 784. The highest BCUT2D eigenvalue weighted by atomic mass is 35.5. The molecule has 2 rings (SSSR count). The molecule has 0 saturated carbocycles. The summed E-state index contributed by atoms with van der Waals surface area (Å²) in [7, 11) is 1.36. The Labute approximate surface area is 136 Å². The first-order valence-corrected chi connectivity index (χ1v) is 7.14. The molecule has 2 aromatic rings. The molecule has 0 aliphatic heterocycles. The van der Waals surface area contributed by atoms with Crippen LogP contribution in [0, 0.1) is 6.92 Å². The van der Waals surface area contributed by atoms with Gasteiger partial charge in [-0.3, -0.25) is 10.1 Å². The van der Waals surface area contributed by atoms with Crippen molar-refractivity contribution < 1.29 is 23.5 Å². The minimum atomic E-state index is -1.16. The molecule has 2 N–H and O–H groups in total. The van der Waals surface area contributed by atoms with Crippen LogP contribution < -0.4 is 10.6 Å². The number of halogens is 1. The number of esters is 1. The van der Waals surface area contributed by atoms with E-state index in [9.17, 15) is 14.4 Å². The van der Waals surface area contributed by atoms with Gasteiger partial charge in [-0.1, -0.05) is 23.7 Å². The Morgan fingerprint density at radius 2 is 2.00 bits per heavy atom. The van der Waals surface area contributed by atoms with Crippen molar-refractivity contribution in [2.24, 2.45) is 0 Å². The van der Waals surface area contributed by atoms with Gasteiger partial charge in [0.15, 0.2) is 11.7 Å². The number of nitrogens with one attached hydrogen (secondary N) is 2. The van der Waals surface area contributed by atoms with E-state index in [2.05, 4.69) is 5.32 Å². The number of benzene rings is 1. The number of hydrogen-bond donors (Lipinski definition) is 2. The van der Waals surface area contributed by atoms with E-state index in [1.54, 1.807) is 25.1 Å². The lowest BCUT2D eigenvalue weighted by atomic mass is 10.1. The number of para-hydroxylation sites is 1. The molecule has 0 saturated heterocycles. The summed E-state index contributed by atoms with van der Waals surface area (Å²) in [4.78, 5) is 34.9. The Hall–Kier alpha value is -2.54. The Morgan fingerprint density at radius 1 is 1.30 bits per heavy atom. The van der Waals surface area contributed by atoms with Crippen LogP contribution in [0.2, 0.25) is 5.02 Å². The second-order valence-electron chi connectivity index (χ2n) is 4.79. The average Bonchev–Trinajstić information content (AvgIpc) is 2.86. The highest BCUT2D eigenvalue weighted by Gasteiger charge is 2.25. The molecule has 3 amide bonds. The molecular formula is C15H15ClN2O5. The van der Waals surface area contributed by atoms with Crippen LogP contribution in [0.25, 0.3) is 11.0 Å². The second-order valence-corrected chi connectivity index (χ2v) is 5.20. The van der Waals surface area contributed by atoms with Gasteiger partial charge in [-0.05, 0) is 19.9 Å². The Balaban J connectivity index is 2.18. The van der Waals surface area contributed by atoms with Crippen LogP contribution in [0.1, 0.15) is 23.0 Å². The normalized spacial score (nSPS) is 11.8. The molecule has 7 nitrogen and oxygen atoms in total. The van der Waals surface area contributed by atoms with Crippen molar-refractivity contribution in [3.63, 3.8) is 0 Å². The number of ether oxygens (including phenoxy) is 1. The summed E-state index contributed by atoms with van der Waals surface area (Å²) in [6.07, 6.45) is -1.16. The standard InChI is InChI=1S/C15H15ClN2O5/c1-7-9-5-4-6-10(16)12(9)23-11(7)14(20)22-8(2)13(19)18-15(21)17-3/h4-6,8H,1-3H3,(H2,17,18,19,21). The van der Waals surface area contributed by atoms with E-state index in [0.717, 1.165) is 0 Å². The first-order valence-electron chi connectivity index (χ1n) is 6.76. The van der Waals surface area contributed by atoms with Crippen molar-refractivity contribution in [1.82, 2.24) is 10.6 Å². The van der Waals surface area contributed by atoms with Crippen LogP contribution in [-0.2, 0) is 9.53 Å². The maximum absolute atomic E-state index is 12.2. The SMILES string of the molecule is CNC(=O)NC(=O)C(C)OC(=O)c1oc2c(Cl)cccc2c1C. The van der Waals surface area contributed by atoms with Crippen LogP contribution in [0.5, 0.6) is 0 Å². The molecule has 1 aromatic carbocycles. The van der Waals surface area contributed by atoms with Gasteiger partial charge < -0.3 is 14.5 Å². The predicted octanol–water partition coefficient (Wildman–Crippen LogP) is 2.40. The third kappa shape index (κ3) is 3.45. The van der Waals surface area contributed by atoms with Crippen LogP contribution in [0.15, 0.2) is 22.6 Å². The van der Waals surface area contributed by atoms with Crippen LogP contribution >= 0.6 is 11.6 Å². The van der Waals surface area contributed by atoms with Crippen molar-refractivity contribution >= 4 is 40.5 Å². The van der Waals surface area contributed by atoms with Gasteiger partial charge in [0, 0.05) is 18.0 Å². The van der Waals surface area contributed by atoms with E-state index in [1.165, 1.54) is 14.0 Å². The van der Waals surface area contributed by atoms with Crippen molar-refractivity contribution in [1.29, 1.82) is 0 Å². The molecule has 0 spiro atoms. The van der Waals surface area contributed by atoms with Crippen LogP contribution in [0.3, 0.4) is 0 Å². The molecule has 0 fully saturated rings. The minimum absolute atomic E-state index is 0.0345. The maximum atomic E-state index is 12.2. The topological polar surface area (TPSA) is 97.6 Å². The lowest BCUT2D eigenvalue weighted by molar-refractivity contribution is -0.128. The van der Waals surface area contributed by atoms with Gasteiger partial charge in [-0.2, -0.15) is 0 Å². The summed E-state index contributed by atoms with van der Waals surface area (Å²) in [5.74, 6) is -1.59. The summed E-state index contributed by atoms with van der Waals surface area (Å²) < 4.78 is 10.5. The first kappa shape index (κ1) is 16.8. The third-order valence-corrected chi connectivity index (χ3v) is 3.52. The van der Waals surface area contributed by atoms with E-state index in [-0.39, 0.29) is 5.76 Å². The van der Waals surface area contributed by atoms with E-state index in [1.807, 2.05) is 5.32 Å². The van der Waals surface area contributed by atoms with Crippen molar-refractivity contribution in [3.8, 4) is 0 Å². The molecule has 0 aliphatic carbocycles. The third-order valence-electron chi connectivity index (χ3n) is 3.22. The number of rotatable bonds is 3. The summed E-state index contributed by atoms with van der Waals surface area (Å²) in [5.41, 5.74) is 0.937. The van der Waals surface area contributed by atoms with E-state index >= 15 is 0 Å². The summed E-state index contributed by atoms with van der Waals surface area (Å²) in [5, 5.41) is 5.30. The molecule has 1 atom stereocenters. The summed E-state index contributed by atoms with van der Waals surface area (Å²) >= 11 is 6.02. The van der Waals surface area contributed by atoms with Gasteiger partial charge in [-0.25, -0.2) is 9.59 Å². The van der Waals surface area contributed by atoms with E-state index in [4.69, 9.17) is 20.8 Å². The largest absolute Gasteiger partial charge is 0.447 e. The molecule has 1 heterocycles. The quantitative estimate of drug-likeness (QED) is 0.837. The molecule has 0 aliphatic rings. The molecule has 1 unspecified atom stereocenters. The second kappa shape index (κ2) is 6.70. The van der Waals surface area contributed by atoms with E-state index in [0.29, 0.717) is 21.6 Å². The molecular weight excluding hydrogens is 324 g/mol. The number of amides is 3. The number of fused-ring (bicyclic) bond motifs is 1. The van der Waals surface area contributed by atoms with Gasteiger partial charge >= 0.3 is 12.0 Å². The fraction of sp³-hybridized carbons (Fsp3) is 0.267. The van der Waals surface area contributed by atoms with Crippen molar-refractivity contribution in [2.75, 3.05) is 7.05 Å². The fourth-order valence-corrected chi connectivity index (χ4v) is 2.16. The zero-order valence-corrected chi connectivity index (χ0v) is 13.5. The number of hydrogen-bond acceptors (Lipinski definition) is 5. The molecule has 0 bridgehead atoms. The molecule has 1 aromatic heterocycles. The maximum Gasteiger partial charge on any atom is 0.375 e. The molecule has 8 heteroatoms. The van der Waals surface area contributed by atoms with Gasteiger partial charge in [0.1, 0.15) is 0 Å².